The number of carbonyl (C=O) groups excluding carboxylic acids is 2. The average molecular weight is 296 g/mol. The molecule has 0 aliphatic rings. The van der Waals surface area contributed by atoms with Crippen LogP contribution in [0.4, 0.5) is 10.1 Å². The van der Waals surface area contributed by atoms with Crippen molar-refractivity contribution in [3.8, 4) is 0 Å². The van der Waals surface area contributed by atoms with Crippen molar-refractivity contribution >= 4 is 17.6 Å². The lowest BCUT2D eigenvalue weighted by atomic mass is 9.96. The second-order valence-corrected chi connectivity index (χ2v) is 5.24. The Bertz CT molecular complexity index is 518. The molecule has 0 saturated carbocycles. The number of ether oxygens (including phenoxy) is 1. The summed E-state index contributed by atoms with van der Waals surface area (Å²) in [7, 11) is 1.23. The van der Waals surface area contributed by atoms with Gasteiger partial charge in [0.2, 0.25) is 5.91 Å². The fourth-order valence-electron chi connectivity index (χ4n) is 1.98. The average Bonchev–Trinajstić information content (AvgIpc) is 2.45. The van der Waals surface area contributed by atoms with Crippen LogP contribution in [-0.4, -0.2) is 25.5 Å². The summed E-state index contributed by atoms with van der Waals surface area (Å²) in [4.78, 5) is 23.5. The van der Waals surface area contributed by atoms with Crippen LogP contribution in [0.15, 0.2) is 18.2 Å². The standard InChI is InChI=1S/C15H21FN2O3/c1-9(2)6-11(8-17)14(19)18-13-7-10(15(20)21-3)4-5-12(13)16/h4-5,7,9,11H,6,8,17H2,1-3H3,(H,18,19). The van der Waals surface area contributed by atoms with Gasteiger partial charge < -0.3 is 15.8 Å². The third kappa shape index (κ3) is 4.82. The van der Waals surface area contributed by atoms with Crippen molar-refractivity contribution in [3.05, 3.63) is 29.6 Å². The summed E-state index contributed by atoms with van der Waals surface area (Å²) in [6.45, 7) is 4.14. The lowest BCUT2D eigenvalue weighted by molar-refractivity contribution is -0.120. The van der Waals surface area contributed by atoms with Gasteiger partial charge in [-0.15, -0.1) is 0 Å². The van der Waals surface area contributed by atoms with Crippen LogP contribution in [0.3, 0.4) is 0 Å². The molecule has 6 heteroatoms. The topological polar surface area (TPSA) is 81.4 Å². The molecule has 1 amide bonds. The summed E-state index contributed by atoms with van der Waals surface area (Å²) >= 11 is 0. The number of methoxy groups -OCH3 is 1. The third-order valence-corrected chi connectivity index (χ3v) is 3.06. The van der Waals surface area contributed by atoms with Gasteiger partial charge in [-0.25, -0.2) is 9.18 Å². The van der Waals surface area contributed by atoms with Crippen molar-refractivity contribution in [2.24, 2.45) is 17.6 Å². The first-order chi connectivity index (χ1) is 9.88. The van der Waals surface area contributed by atoms with Crippen molar-refractivity contribution in [1.82, 2.24) is 0 Å². The smallest absolute Gasteiger partial charge is 0.337 e. The van der Waals surface area contributed by atoms with Crippen LogP contribution in [0.1, 0.15) is 30.6 Å². The summed E-state index contributed by atoms with van der Waals surface area (Å²) in [5.74, 6) is -1.66. The molecule has 1 atom stereocenters. The Morgan fingerprint density at radius 1 is 1.38 bits per heavy atom. The molecule has 0 aliphatic carbocycles. The Balaban J connectivity index is 2.90. The minimum Gasteiger partial charge on any atom is -0.465 e. The van der Waals surface area contributed by atoms with E-state index in [4.69, 9.17) is 5.73 Å². The van der Waals surface area contributed by atoms with E-state index in [0.717, 1.165) is 6.07 Å². The van der Waals surface area contributed by atoms with Crippen LogP contribution in [-0.2, 0) is 9.53 Å². The number of hydrogen-bond donors (Lipinski definition) is 2. The van der Waals surface area contributed by atoms with Crippen LogP contribution >= 0.6 is 0 Å². The van der Waals surface area contributed by atoms with E-state index in [9.17, 15) is 14.0 Å². The SMILES string of the molecule is COC(=O)c1ccc(F)c(NC(=O)C(CN)CC(C)C)c1. The molecule has 0 aliphatic heterocycles. The molecule has 0 saturated heterocycles. The van der Waals surface area contributed by atoms with E-state index in [-0.39, 0.29) is 23.7 Å². The number of hydrogen-bond acceptors (Lipinski definition) is 4. The Morgan fingerprint density at radius 2 is 2.05 bits per heavy atom. The van der Waals surface area contributed by atoms with E-state index in [1.807, 2.05) is 13.8 Å². The van der Waals surface area contributed by atoms with E-state index < -0.39 is 17.7 Å². The van der Waals surface area contributed by atoms with Gasteiger partial charge in [0.1, 0.15) is 5.82 Å². The second kappa shape index (κ2) is 7.73. The van der Waals surface area contributed by atoms with Gasteiger partial charge in [-0.05, 0) is 30.5 Å². The van der Waals surface area contributed by atoms with E-state index in [1.54, 1.807) is 0 Å². The Morgan fingerprint density at radius 3 is 2.57 bits per heavy atom. The monoisotopic (exact) mass is 296 g/mol. The molecule has 3 N–H and O–H groups in total. The molecule has 0 aromatic heterocycles. The first-order valence-electron chi connectivity index (χ1n) is 6.77. The number of carbonyl (C=O) groups is 2. The molecule has 116 valence electrons. The maximum atomic E-state index is 13.7. The lowest BCUT2D eigenvalue weighted by Gasteiger charge is -2.17. The Kier molecular flexibility index (Phi) is 6.30. The molecule has 0 radical (unpaired) electrons. The number of esters is 1. The van der Waals surface area contributed by atoms with Crippen molar-refractivity contribution in [2.45, 2.75) is 20.3 Å². The van der Waals surface area contributed by atoms with Gasteiger partial charge in [0.15, 0.2) is 0 Å². The highest BCUT2D eigenvalue weighted by Gasteiger charge is 2.20. The summed E-state index contributed by atoms with van der Waals surface area (Å²) in [6, 6.07) is 3.66. The minimum absolute atomic E-state index is 0.0508. The van der Waals surface area contributed by atoms with E-state index >= 15 is 0 Å². The quantitative estimate of drug-likeness (QED) is 0.788. The largest absolute Gasteiger partial charge is 0.465 e. The summed E-state index contributed by atoms with van der Waals surface area (Å²) in [5.41, 5.74) is 5.70. The molecule has 1 aromatic carbocycles. The molecule has 1 aromatic rings. The predicted octanol–water partition coefficient (Wildman–Crippen LogP) is 2.17. The molecular weight excluding hydrogens is 275 g/mol. The number of nitrogens with two attached hydrogens (primary N) is 1. The van der Waals surface area contributed by atoms with Gasteiger partial charge in [-0.2, -0.15) is 0 Å². The first kappa shape index (κ1) is 17.1. The van der Waals surface area contributed by atoms with E-state index in [0.29, 0.717) is 12.3 Å². The van der Waals surface area contributed by atoms with Gasteiger partial charge in [0.25, 0.3) is 0 Å². The molecule has 1 rings (SSSR count). The molecule has 0 bridgehead atoms. The third-order valence-electron chi connectivity index (χ3n) is 3.06. The number of rotatable bonds is 6. The number of halogens is 1. The summed E-state index contributed by atoms with van der Waals surface area (Å²) in [6.07, 6.45) is 0.612. The number of anilines is 1. The van der Waals surface area contributed by atoms with Crippen molar-refractivity contribution in [2.75, 3.05) is 19.0 Å². The fraction of sp³-hybridized carbons (Fsp3) is 0.467. The zero-order valence-corrected chi connectivity index (χ0v) is 12.5. The van der Waals surface area contributed by atoms with E-state index in [2.05, 4.69) is 10.1 Å². The van der Waals surface area contributed by atoms with Gasteiger partial charge >= 0.3 is 5.97 Å². The van der Waals surface area contributed by atoms with Gasteiger partial charge in [0.05, 0.1) is 24.3 Å². The van der Waals surface area contributed by atoms with Crippen molar-refractivity contribution < 1.29 is 18.7 Å². The van der Waals surface area contributed by atoms with Crippen molar-refractivity contribution in [1.29, 1.82) is 0 Å². The number of amides is 1. The molecular formula is C15H21FN2O3. The first-order valence-corrected chi connectivity index (χ1v) is 6.77. The highest BCUT2D eigenvalue weighted by atomic mass is 19.1. The van der Waals surface area contributed by atoms with Crippen LogP contribution in [0.5, 0.6) is 0 Å². The maximum absolute atomic E-state index is 13.7. The molecule has 5 nitrogen and oxygen atoms in total. The number of nitrogens with one attached hydrogen (secondary N) is 1. The van der Waals surface area contributed by atoms with Crippen LogP contribution < -0.4 is 11.1 Å². The zero-order valence-electron chi connectivity index (χ0n) is 12.5. The van der Waals surface area contributed by atoms with Crippen LogP contribution in [0.2, 0.25) is 0 Å². The molecule has 0 fully saturated rings. The van der Waals surface area contributed by atoms with Gasteiger partial charge in [0, 0.05) is 6.54 Å². The predicted molar refractivity (Wildman–Crippen MR) is 78.4 cm³/mol. The Hall–Kier alpha value is -1.95. The molecule has 21 heavy (non-hydrogen) atoms. The molecule has 1 unspecified atom stereocenters. The maximum Gasteiger partial charge on any atom is 0.337 e. The molecule has 0 heterocycles. The van der Waals surface area contributed by atoms with Gasteiger partial charge in [-0.1, -0.05) is 13.8 Å². The highest BCUT2D eigenvalue weighted by molar-refractivity contribution is 5.95. The van der Waals surface area contributed by atoms with Crippen LogP contribution in [0.25, 0.3) is 0 Å². The Labute approximate surface area is 123 Å². The minimum atomic E-state index is -0.615. The van der Waals surface area contributed by atoms with Crippen LogP contribution in [0, 0.1) is 17.7 Å². The van der Waals surface area contributed by atoms with E-state index in [1.165, 1.54) is 19.2 Å². The lowest BCUT2D eigenvalue weighted by Crippen LogP contribution is -2.30. The highest BCUT2D eigenvalue weighted by Crippen LogP contribution is 2.19. The summed E-state index contributed by atoms with van der Waals surface area (Å²) in [5, 5.41) is 2.48. The fourth-order valence-corrected chi connectivity index (χ4v) is 1.98. The van der Waals surface area contributed by atoms with Gasteiger partial charge in [-0.3, -0.25) is 4.79 Å². The normalized spacial score (nSPS) is 12.1. The van der Waals surface area contributed by atoms with Crippen molar-refractivity contribution in [3.63, 3.8) is 0 Å². The number of benzene rings is 1. The zero-order chi connectivity index (χ0) is 16.0. The summed E-state index contributed by atoms with van der Waals surface area (Å²) < 4.78 is 18.3. The second-order valence-electron chi connectivity index (χ2n) is 5.24. The molecule has 0 spiro atoms.